The first-order valence-corrected chi connectivity index (χ1v) is 3.05. The van der Waals surface area contributed by atoms with E-state index >= 15 is 0 Å². The molecule has 1 N–H and O–H groups in total. The van der Waals surface area contributed by atoms with Gasteiger partial charge in [-0.15, -0.1) is 0 Å². The Kier molecular flexibility index (Phi) is 2.53. The molecular formula is C6H7F2NO2. The Bertz CT molecular complexity index is 191. The zero-order chi connectivity index (χ0) is 8.27. The molecule has 0 aromatic rings. The van der Waals surface area contributed by atoms with E-state index in [1.807, 2.05) is 0 Å². The summed E-state index contributed by atoms with van der Waals surface area (Å²) >= 11 is 0. The van der Waals surface area contributed by atoms with Crippen molar-refractivity contribution in [1.82, 2.24) is 0 Å². The Hall–Kier alpha value is -0.970. The third-order valence-electron chi connectivity index (χ3n) is 1.09. The van der Waals surface area contributed by atoms with Gasteiger partial charge in [-0.2, -0.15) is 8.78 Å². The number of aliphatic hydroxyl groups excluding tert-OH is 1. The molecule has 5 heteroatoms. The topological polar surface area (TPSA) is 41.8 Å². The Morgan fingerprint density at radius 3 is 3.00 bits per heavy atom. The van der Waals surface area contributed by atoms with Crippen molar-refractivity contribution < 1.29 is 18.6 Å². The number of alkyl halides is 2. The molecule has 1 rings (SSSR count). The number of nitrogens with zero attached hydrogens (tertiary/aromatic N) is 1. The number of rotatable bonds is 1. The summed E-state index contributed by atoms with van der Waals surface area (Å²) in [5.41, 5.74) is 0. The van der Waals surface area contributed by atoms with Crippen molar-refractivity contribution >= 4 is 5.90 Å². The number of aliphatic imine (C=N–C) groups is 1. The van der Waals surface area contributed by atoms with Crippen molar-refractivity contribution in [1.29, 1.82) is 0 Å². The third kappa shape index (κ3) is 2.63. The largest absolute Gasteiger partial charge is 0.417 e. The fraction of sp³-hybridized carbons (Fsp3) is 0.500. The quantitative estimate of drug-likeness (QED) is 0.624. The smallest absolute Gasteiger partial charge is 0.388 e. The average Bonchev–Trinajstić information content (AvgIpc) is 1.85. The van der Waals surface area contributed by atoms with Crippen LogP contribution in [-0.4, -0.2) is 23.8 Å². The summed E-state index contributed by atoms with van der Waals surface area (Å²) < 4.78 is 27.0. The van der Waals surface area contributed by atoms with Gasteiger partial charge in [-0.25, -0.2) is 4.99 Å². The number of dihydropyridines is 1. The number of hydrogen-bond acceptors (Lipinski definition) is 3. The van der Waals surface area contributed by atoms with Gasteiger partial charge in [0.05, 0.1) is 0 Å². The lowest BCUT2D eigenvalue weighted by molar-refractivity contribution is -0.0605. The summed E-state index contributed by atoms with van der Waals surface area (Å²) in [6.45, 7) is -2.89. The van der Waals surface area contributed by atoms with E-state index in [1.165, 1.54) is 12.2 Å². The lowest BCUT2D eigenvalue weighted by Crippen LogP contribution is -2.15. The second-order valence-corrected chi connectivity index (χ2v) is 1.96. The van der Waals surface area contributed by atoms with Crippen LogP contribution in [-0.2, 0) is 4.74 Å². The van der Waals surface area contributed by atoms with Crippen LogP contribution in [0.2, 0.25) is 0 Å². The molecule has 1 aliphatic heterocycles. The Morgan fingerprint density at radius 1 is 1.73 bits per heavy atom. The van der Waals surface area contributed by atoms with Crippen molar-refractivity contribution in [2.24, 2.45) is 4.99 Å². The minimum absolute atomic E-state index is 0.223. The lowest BCUT2D eigenvalue weighted by atomic mass is 10.3. The highest BCUT2D eigenvalue weighted by Crippen LogP contribution is 2.07. The van der Waals surface area contributed by atoms with Crippen LogP contribution in [0.3, 0.4) is 0 Å². The molecule has 1 aliphatic rings. The van der Waals surface area contributed by atoms with Crippen molar-refractivity contribution in [3.05, 3.63) is 12.2 Å². The van der Waals surface area contributed by atoms with Gasteiger partial charge < -0.3 is 9.84 Å². The van der Waals surface area contributed by atoms with Gasteiger partial charge in [0.2, 0.25) is 5.90 Å². The fourth-order valence-electron chi connectivity index (χ4n) is 0.694. The summed E-state index contributed by atoms with van der Waals surface area (Å²) in [5.74, 6) is -0.223. The second kappa shape index (κ2) is 3.43. The highest BCUT2D eigenvalue weighted by molar-refractivity contribution is 5.88. The fourth-order valence-corrected chi connectivity index (χ4v) is 0.694. The van der Waals surface area contributed by atoms with E-state index in [0.717, 1.165) is 0 Å². The van der Waals surface area contributed by atoms with Crippen LogP contribution >= 0.6 is 0 Å². The van der Waals surface area contributed by atoms with Gasteiger partial charge in [0.1, 0.15) is 0 Å². The average molecular weight is 163 g/mol. The maximum atomic E-state index is 11.5. The number of halogens is 2. The molecule has 0 fully saturated rings. The highest BCUT2D eigenvalue weighted by Gasteiger charge is 2.11. The van der Waals surface area contributed by atoms with E-state index in [9.17, 15) is 8.78 Å². The van der Waals surface area contributed by atoms with Crippen LogP contribution < -0.4 is 0 Å². The molecule has 0 saturated heterocycles. The lowest BCUT2D eigenvalue weighted by Gasteiger charge is -2.10. The first kappa shape index (κ1) is 8.13. The summed E-state index contributed by atoms with van der Waals surface area (Å²) in [6, 6.07) is 0. The predicted molar refractivity (Wildman–Crippen MR) is 34.3 cm³/mol. The molecule has 3 nitrogen and oxygen atoms in total. The van der Waals surface area contributed by atoms with Crippen LogP contribution in [0.5, 0.6) is 0 Å². The number of ether oxygens (including phenoxy) is 1. The van der Waals surface area contributed by atoms with E-state index in [4.69, 9.17) is 5.11 Å². The summed E-state index contributed by atoms with van der Waals surface area (Å²) in [6.07, 6.45) is 2.22. The van der Waals surface area contributed by atoms with Gasteiger partial charge in [-0.05, 0) is 6.08 Å². The Labute approximate surface area is 62.0 Å². The molecule has 11 heavy (non-hydrogen) atoms. The van der Waals surface area contributed by atoms with Crippen molar-refractivity contribution in [2.75, 3.05) is 0 Å². The van der Waals surface area contributed by atoms with Crippen molar-refractivity contribution in [2.45, 2.75) is 19.3 Å². The van der Waals surface area contributed by atoms with Crippen LogP contribution in [0.1, 0.15) is 6.42 Å². The van der Waals surface area contributed by atoms with Gasteiger partial charge in [-0.1, -0.05) is 6.08 Å². The predicted octanol–water partition coefficient (Wildman–Crippen LogP) is 0.902. The van der Waals surface area contributed by atoms with Crippen LogP contribution in [0, 0.1) is 0 Å². The van der Waals surface area contributed by atoms with E-state index in [1.54, 1.807) is 0 Å². The van der Waals surface area contributed by atoms with Crippen molar-refractivity contribution in [3.8, 4) is 0 Å². The van der Waals surface area contributed by atoms with E-state index < -0.39 is 12.8 Å². The molecule has 0 aliphatic carbocycles. The Balaban J connectivity index is 2.50. The normalized spacial score (nSPS) is 23.6. The molecule has 0 amide bonds. The molecule has 0 bridgehead atoms. The van der Waals surface area contributed by atoms with Crippen LogP contribution in [0.4, 0.5) is 8.78 Å². The molecule has 0 saturated carbocycles. The highest BCUT2D eigenvalue weighted by atomic mass is 19.3. The minimum atomic E-state index is -2.89. The SMILES string of the molecule is OC1CC=CC(OC(F)F)=N1. The molecule has 1 unspecified atom stereocenters. The molecule has 0 spiro atoms. The van der Waals surface area contributed by atoms with Gasteiger partial charge in [0.25, 0.3) is 0 Å². The first-order valence-electron chi connectivity index (χ1n) is 3.05. The molecular weight excluding hydrogens is 156 g/mol. The van der Waals surface area contributed by atoms with Crippen molar-refractivity contribution in [3.63, 3.8) is 0 Å². The first-order chi connectivity index (χ1) is 5.18. The standard InChI is InChI=1S/C6H7F2NO2/c7-6(8)11-5-3-1-2-4(10)9-5/h1,3-4,6,10H,2H2. The van der Waals surface area contributed by atoms with Gasteiger partial charge in [0, 0.05) is 6.42 Å². The van der Waals surface area contributed by atoms with Gasteiger partial charge in [-0.3, -0.25) is 0 Å². The number of aliphatic hydroxyl groups is 1. The third-order valence-corrected chi connectivity index (χ3v) is 1.09. The molecule has 1 atom stereocenters. The molecule has 1 heterocycles. The summed E-state index contributed by atoms with van der Waals surface area (Å²) in [5, 5.41) is 8.83. The maximum Gasteiger partial charge on any atom is 0.388 e. The van der Waals surface area contributed by atoms with E-state index in [2.05, 4.69) is 9.73 Å². The summed E-state index contributed by atoms with van der Waals surface area (Å²) in [7, 11) is 0. The molecule has 62 valence electrons. The molecule has 0 radical (unpaired) electrons. The zero-order valence-corrected chi connectivity index (χ0v) is 5.58. The van der Waals surface area contributed by atoms with E-state index in [0.29, 0.717) is 6.42 Å². The molecule has 0 aromatic carbocycles. The second-order valence-electron chi connectivity index (χ2n) is 1.96. The maximum absolute atomic E-state index is 11.5. The summed E-state index contributed by atoms with van der Waals surface area (Å²) in [4.78, 5) is 3.41. The van der Waals surface area contributed by atoms with Crippen LogP contribution in [0.15, 0.2) is 17.1 Å². The molecule has 0 aromatic heterocycles. The van der Waals surface area contributed by atoms with E-state index in [-0.39, 0.29) is 5.90 Å². The Morgan fingerprint density at radius 2 is 2.45 bits per heavy atom. The number of hydrogen-bond donors (Lipinski definition) is 1. The monoisotopic (exact) mass is 163 g/mol. The van der Waals surface area contributed by atoms with Crippen LogP contribution in [0.25, 0.3) is 0 Å². The van der Waals surface area contributed by atoms with Gasteiger partial charge in [0.15, 0.2) is 6.23 Å². The zero-order valence-electron chi connectivity index (χ0n) is 5.58. The minimum Gasteiger partial charge on any atom is -0.417 e. The van der Waals surface area contributed by atoms with Gasteiger partial charge >= 0.3 is 6.61 Å².